The highest BCUT2D eigenvalue weighted by Crippen LogP contribution is 2.18. The Morgan fingerprint density at radius 1 is 1.24 bits per heavy atom. The summed E-state index contributed by atoms with van der Waals surface area (Å²) in [7, 11) is 0. The first-order chi connectivity index (χ1) is 8.16. The molecule has 2 rings (SSSR count). The van der Waals surface area contributed by atoms with Crippen LogP contribution < -0.4 is 5.32 Å². The third-order valence-corrected chi connectivity index (χ3v) is 3.12. The van der Waals surface area contributed by atoms with E-state index in [0.717, 1.165) is 25.7 Å². The molecule has 0 aromatic heterocycles. The van der Waals surface area contributed by atoms with E-state index in [9.17, 15) is 13.6 Å². The van der Waals surface area contributed by atoms with Gasteiger partial charge in [0.15, 0.2) is 0 Å². The van der Waals surface area contributed by atoms with E-state index in [0.29, 0.717) is 0 Å². The minimum Gasteiger partial charge on any atom is -0.353 e. The Kier molecular flexibility index (Phi) is 3.71. The molecule has 0 unspecified atom stereocenters. The molecule has 1 saturated carbocycles. The van der Waals surface area contributed by atoms with Gasteiger partial charge in [-0.3, -0.25) is 4.79 Å². The van der Waals surface area contributed by atoms with Crippen LogP contribution in [-0.4, -0.2) is 11.9 Å². The van der Waals surface area contributed by atoms with Crippen LogP contribution in [0.15, 0.2) is 18.2 Å². The second-order valence-electron chi connectivity index (χ2n) is 4.43. The van der Waals surface area contributed by atoms with Crippen molar-refractivity contribution in [2.24, 2.45) is 0 Å². The van der Waals surface area contributed by atoms with Crippen molar-refractivity contribution in [1.29, 1.82) is 0 Å². The van der Waals surface area contributed by atoms with Gasteiger partial charge in [0.2, 0.25) is 5.91 Å². The topological polar surface area (TPSA) is 29.1 Å². The van der Waals surface area contributed by atoms with Crippen molar-refractivity contribution in [3.05, 3.63) is 35.4 Å². The zero-order chi connectivity index (χ0) is 12.3. The van der Waals surface area contributed by atoms with Gasteiger partial charge in [0.25, 0.3) is 0 Å². The first-order valence-corrected chi connectivity index (χ1v) is 5.89. The predicted molar refractivity (Wildman–Crippen MR) is 60.5 cm³/mol. The number of benzene rings is 1. The predicted octanol–water partition coefficient (Wildman–Crippen LogP) is 2.57. The fourth-order valence-electron chi connectivity index (χ4n) is 2.21. The molecule has 0 bridgehead atoms. The summed E-state index contributed by atoms with van der Waals surface area (Å²) in [6, 6.07) is 3.81. The van der Waals surface area contributed by atoms with E-state index < -0.39 is 11.6 Å². The summed E-state index contributed by atoms with van der Waals surface area (Å²) in [6.45, 7) is 0. The van der Waals surface area contributed by atoms with Gasteiger partial charge in [-0.15, -0.1) is 0 Å². The van der Waals surface area contributed by atoms with Gasteiger partial charge < -0.3 is 5.32 Å². The number of halogens is 2. The fourth-order valence-corrected chi connectivity index (χ4v) is 2.21. The van der Waals surface area contributed by atoms with Gasteiger partial charge >= 0.3 is 0 Å². The second-order valence-corrected chi connectivity index (χ2v) is 4.43. The van der Waals surface area contributed by atoms with E-state index in [1.165, 1.54) is 18.2 Å². The van der Waals surface area contributed by atoms with Gasteiger partial charge in [-0.2, -0.15) is 0 Å². The average Bonchev–Trinajstić information content (AvgIpc) is 2.76. The summed E-state index contributed by atoms with van der Waals surface area (Å²) in [6.07, 6.45) is 3.92. The highest BCUT2D eigenvalue weighted by Gasteiger charge is 2.19. The monoisotopic (exact) mass is 239 g/mol. The molecule has 1 aromatic carbocycles. The Morgan fingerprint density at radius 2 is 1.82 bits per heavy atom. The van der Waals surface area contributed by atoms with Crippen molar-refractivity contribution >= 4 is 5.91 Å². The Balaban J connectivity index is 1.97. The normalized spacial score (nSPS) is 16.1. The standard InChI is InChI=1S/C13H15F2NO/c14-11-6-3-7-12(15)10(11)8-13(17)16-9-4-1-2-5-9/h3,6-7,9H,1-2,4-5,8H2,(H,16,17). The molecular weight excluding hydrogens is 224 g/mol. The van der Waals surface area contributed by atoms with E-state index in [1.54, 1.807) is 0 Å². The van der Waals surface area contributed by atoms with Crippen LogP contribution in [0.5, 0.6) is 0 Å². The SMILES string of the molecule is O=C(Cc1c(F)cccc1F)NC1CCCC1. The Bertz CT molecular complexity index is 394. The van der Waals surface area contributed by atoms with Crippen LogP contribution in [0.4, 0.5) is 8.78 Å². The minimum atomic E-state index is -0.661. The van der Waals surface area contributed by atoms with Crippen molar-refractivity contribution in [1.82, 2.24) is 5.32 Å². The summed E-state index contributed by atoms with van der Waals surface area (Å²) < 4.78 is 26.6. The first kappa shape index (κ1) is 12.0. The maximum atomic E-state index is 13.3. The van der Waals surface area contributed by atoms with Crippen LogP contribution in [0.2, 0.25) is 0 Å². The zero-order valence-corrected chi connectivity index (χ0v) is 9.51. The van der Waals surface area contributed by atoms with Gasteiger partial charge in [-0.25, -0.2) is 8.78 Å². The molecule has 17 heavy (non-hydrogen) atoms. The fraction of sp³-hybridized carbons (Fsp3) is 0.462. The maximum absolute atomic E-state index is 13.3. The van der Waals surface area contributed by atoms with Gasteiger partial charge in [0.05, 0.1) is 6.42 Å². The molecule has 2 nitrogen and oxygen atoms in total. The Labute approximate surface area is 99.0 Å². The van der Waals surface area contributed by atoms with E-state index in [1.807, 2.05) is 0 Å². The molecule has 1 aromatic rings. The largest absolute Gasteiger partial charge is 0.353 e. The average molecular weight is 239 g/mol. The molecule has 1 aliphatic rings. The van der Waals surface area contributed by atoms with Crippen molar-refractivity contribution in [3.8, 4) is 0 Å². The number of rotatable bonds is 3. The van der Waals surface area contributed by atoms with Gasteiger partial charge in [-0.1, -0.05) is 18.9 Å². The van der Waals surface area contributed by atoms with Crippen molar-refractivity contribution in [3.63, 3.8) is 0 Å². The zero-order valence-electron chi connectivity index (χ0n) is 9.51. The molecule has 1 fully saturated rings. The number of carbonyl (C=O) groups is 1. The summed E-state index contributed by atoms with van der Waals surface area (Å²) >= 11 is 0. The molecule has 0 atom stereocenters. The molecule has 0 saturated heterocycles. The lowest BCUT2D eigenvalue weighted by molar-refractivity contribution is -0.121. The van der Waals surface area contributed by atoms with Gasteiger partial charge in [-0.05, 0) is 25.0 Å². The third kappa shape index (κ3) is 3.02. The van der Waals surface area contributed by atoms with E-state index in [-0.39, 0.29) is 23.9 Å². The number of carbonyl (C=O) groups excluding carboxylic acids is 1. The lowest BCUT2D eigenvalue weighted by Crippen LogP contribution is -2.34. The smallest absolute Gasteiger partial charge is 0.224 e. The highest BCUT2D eigenvalue weighted by atomic mass is 19.1. The quantitative estimate of drug-likeness (QED) is 0.863. The first-order valence-electron chi connectivity index (χ1n) is 5.89. The molecule has 0 spiro atoms. The van der Waals surface area contributed by atoms with E-state index in [4.69, 9.17) is 0 Å². The minimum absolute atomic E-state index is 0.150. The Hall–Kier alpha value is -1.45. The summed E-state index contributed by atoms with van der Waals surface area (Å²) in [5.41, 5.74) is -0.150. The van der Waals surface area contributed by atoms with Crippen molar-refractivity contribution < 1.29 is 13.6 Å². The summed E-state index contributed by atoms with van der Waals surface area (Å²) in [5.74, 6) is -1.63. The third-order valence-electron chi connectivity index (χ3n) is 3.12. The van der Waals surface area contributed by atoms with Crippen molar-refractivity contribution in [2.45, 2.75) is 38.1 Å². The van der Waals surface area contributed by atoms with Crippen LogP contribution >= 0.6 is 0 Å². The van der Waals surface area contributed by atoms with Crippen molar-refractivity contribution in [2.75, 3.05) is 0 Å². The lowest BCUT2D eigenvalue weighted by Gasteiger charge is -2.12. The number of hydrogen-bond donors (Lipinski definition) is 1. The van der Waals surface area contributed by atoms with Crippen LogP contribution in [0.3, 0.4) is 0 Å². The van der Waals surface area contributed by atoms with Crippen LogP contribution in [0.25, 0.3) is 0 Å². The van der Waals surface area contributed by atoms with Crippen LogP contribution in [0, 0.1) is 11.6 Å². The van der Waals surface area contributed by atoms with E-state index in [2.05, 4.69) is 5.32 Å². The molecule has 1 N–H and O–H groups in total. The molecular formula is C13H15F2NO. The number of nitrogens with one attached hydrogen (secondary N) is 1. The molecule has 0 aliphatic heterocycles. The van der Waals surface area contributed by atoms with Gasteiger partial charge in [0.1, 0.15) is 11.6 Å². The molecule has 1 aliphatic carbocycles. The number of amides is 1. The molecule has 92 valence electrons. The summed E-state index contributed by atoms with van der Waals surface area (Å²) in [4.78, 5) is 11.6. The molecule has 4 heteroatoms. The molecule has 0 radical (unpaired) electrons. The number of hydrogen-bond acceptors (Lipinski definition) is 1. The van der Waals surface area contributed by atoms with Crippen LogP contribution in [-0.2, 0) is 11.2 Å². The van der Waals surface area contributed by atoms with Crippen LogP contribution in [0.1, 0.15) is 31.2 Å². The molecule has 1 amide bonds. The molecule has 0 heterocycles. The summed E-state index contributed by atoms with van der Waals surface area (Å²) in [5, 5.41) is 2.81. The second kappa shape index (κ2) is 5.25. The lowest BCUT2D eigenvalue weighted by atomic mass is 10.1. The van der Waals surface area contributed by atoms with E-state index >= 15 is 0 Å². The Morgan fingerprint density at radius 3 is 2.41 bits per heavy atom. The highest BCUT2D eigenvalue weighted by molar-refractivity contribution is 5.79. The van der Waals surface area contributed by atoms with Gasteiger partial charge in [0, 0.05) is 11.6 Å². The maximum Gasteiger partial charge on any atom is 0.224 e.